The molecule has 0 N–H and O–H groups in total. The number of rotatable bonds is 2. The number of nitrogens with zero attached hydrogens (tertiary/aromatic N) is 2. The summed E-state index contributed by atoms with van der Waals surface area (Å²) in [5.74, 6) is 2.57. The summed E-state index contributed by atoms with van der Waals surface area (Å²) in [5, 5.41) is 4.07. The second kappa shape index (κ2) is 4.35. The second-order valence-electron chi connectivity index (χ2n) is 4.94. The number of ether oxygens (including phenoxy) is 2. The minimum absolute atomic E-state index is 0.273. The van der Waals surface area contributed by atoms with Crippen LogP contribution in [0.1, 0.15) is 23.7 Å². The molecule has 1 unspecified atom stereocenters. The first-order valence-corrected chi connectivity index (χ1v) is 6.57. The fourth-order valence-electron chi connectivity index (χ4n) is 2.58. The topological polar surface area (TPSA) is 57.4 Å². The van der Waals surface area contributed by atoms with Crippen LogP contribution in [0, 0.1) is 0 Å². The van der Waals surface area contributed by atoms with E-state index in [1.165, 1.54) is 5.56 Å². The van der Waals surface area contributed by atoms with Gasteiger partial charge in [0.05, 0.1) is 13.2 Å². The van der Waals surface area contributed by atoms with Crippen molar-refractivity contribution in [3.63, 3.8) is 0 Å². The average molecular weight is 258 g/mol. The Bertz CT molecular complexity index is 602. The van der Waals surface area contributed by atoms with Crippen LogP contribution in [-0.2, 0) is 11.2 Å². The van der Waals surface area contributed by atoms with E-state index in [9.17, 15) is 0 Å². The van der Waals surface area contributed by atoms with Gasteiger partial charge < -0.3 is 14.0 Å². The molecule has 2 aliphatic rings. The van der Waals surface area contributed by atoms with Crippen molar-refractivity contribution in [2.75, 3.05) is 19.8 Å². The molecule has 0 amide bonds. The highest BCUT2D eigenvalue weighted by Crippen LogP contribution is 2.31. The van der Waals surface area contributed by atoms with Gasteiger partial charge in [0.25, 0.3) is 5.89 Å². The minimum atomic E-state index is 0.273. The summed E-state index contributed by atoms with van der Waals surface area (Å²) in [6, 6.07) is 6.01. The van der Waals surface area contributed by atoms with Gasteiger partial charge in [-0.05, 0) is 30.2 Å². The molecular weight excluding hydrogens is 244 g/mol. The fraction of sp³-hybridized carbons (Fsp3) is 0.429. The molecule has 5 nitrogen and oxygen atoms in total. The molecule has 1 fully saturated rings. The Morgan fingerprint density at radius 1 is 1.21 bits per heavy atom. The maximum atomic E-state index is 5.49. The van der Waals surface area contributed by atoms with E-state index in [1.54, 1.807) is 0 Å². The lowest BCUT2D eigenvalue weighted by atomic mass is 10.1. The third kappa shape index (κ3) is 1.90. The lowest BCUT2D eigenvalue weighted by Gasteiger charge is -2.00. The normalized spacial score (nSPS) is 21.4. The summed E-state index contributed by atoms with van der Waals surface area (Å²) in [5.41, 5.74) is 2.17. The van der Waals surface area contributed by atoms with Crippen molar-refractivity contribution in [3.05, 3.63) is 29.6 Å². The molecule has 3 heterocycles. The maximum absolute atomic E-state index is 5.49. The van der Waals surface area contributed by atoms with Crippen LogP contribution in [0.4, 0.5) is 0 Å². The van der Waals surface area contributed by atoms with Crippen molar-refractivity contribution in [3.8, 4) is 17.2 Å². The molecule has 1 atom stereocenters. The van der Waals surface area contributed by atoms with Crippen LogP contribution in [0.2, 0.25) is 0 Å². The van der Waals surface area contributed by atoms with Crippen LogP contribution < -0.4 is 4.74 Å². The summed E-state index contributed by atoms with van der Waals surface area (Å²) >= 11 is 0. The predicted octanol–water partition coefficient (Wildman–Crippen LogP) is 2.18. The summed E-state index contributed by atoms with van der Waals surface area (Å²) in [6.07, 6.45) is 1.91. The van der Waals surface area contributed by atoms with Gasteiger partial charge in [-0.1, -0.05) is 5.16 Å². The van der Waals surface area contributed by atoms with E-state index in [2.05, 4.69) is 16.2 Å². The van der Waals surface area contributed by atoms with Gasteiger partial charge in [0.15, 0.2) is 5.82 Å². The van der Waals surface area contributed by atoms with Crippen LogP contribution in [0.3, 0.4) is 0 Å². The van der Waals surface area contributed by atoms with Gasteiger partial charge in [-0.2, -0.15) is 4.98 Å². The van der Waals surface area contributed by atoms with E-state index >= 15 is 0 Å². The van der Waals surface area contributed by atoms with E-state index in [0.29, 0.717) is 12.5 Å². The van der Waals surface area contributed by atoms with E-state index < -0.39 is 0 Å². The zero-order chi connectivity index (χ0) is 12.7. The van der Waals surface area contributed by atoms with Crippen molar-refractivity contribution in [1.29, 1.82) is 0 Å². The number of fused-ring (bicyclic) bond motifs is 1. The predicted molar refractivity (Wildman–Crippen MR) is 67.1 cm³/mol. The summed E-state index contributed by atoms with van der Waals surface area (Å²) in [7, 11) is 0. The van der Waals surface area contributed by atoms with Crippen molar-refractivity contribution in [2.24, 2.45) is 0 Å². The van der Waals surface area contributed by atoms with E-state index in [4.69, 9.17) is 14.0 Å². The third-order valence-electron chi connectivity index (χ3n) is 3.67. The lowest BCUT2D eigenvalue weighted by Crippen LogP contribution is -1.99. The molecule has 1 saturated heterocycles. The molecule has 5 heteroatoms. The average Bonchev–Trinajstić information content (AvgIpc) is 3.18. The third-order valence-corrected chi connectivity index (χ3v) is 3.67. The highest BCUT2D eigenvalue weighted by molar-refractivity contribution is 5.58. The van der Waals surface area contributed by atoms with E-state index in [-0.39, 0.29) is 5.92 Å². The molecule has 1 aromatic heterocycles. The molecule has 0 bridgehead atoms. The first-order valence-electron chi connectivity index (χ1n) is 6.57. The Kier molecular flexibility index (Phi) is 2.51. The molecule has 2 aliphatic heterocycles. The van der Waals surface area contributed by atoms with Gasteiger partial charge in [0, 0.05) is 24.5 Å². The summed E-state index contributed by atoms with van der Waals surface area (Å²) in [4.78, 5) is 4.49. The molecule has 0 saturated carbocycles. The molecule has 0 spiro atoms. The number of hydrogen-bond acceptors (Lipinski definition) is 5. The zero-order valence-corrected chi connectivity index (χ0v) is 10.5. The number of benzene rings is 1. The molecular formula is C14H14N2O3. The van der Waals surface area contributed by atoms with Crippen molar-refractivity contribution in [2.45, 2.75) is 18.8 Å². The van der Waals surface area contributed by atoms with Crippen LogP contribution in [0.5, 0.6) is 5.75 Å². The Hall–Kier alpha value is -1.88. The summed E-state index contributed by atoms with van der Waals surface area (Å²) < 4.78 is 16.2. The molecule has 1 aromatic carbocycles. The minimum Gasteiger partial charge on any atom is -0.493 e. The van der Waals surface area contributed by atoms with Crippen molar-refractivity contribution < 1.29 is 14.0 Å². The first-order chi connectivity index (χ1) is 9.40. The SMILES string of the molecule is c1cc2c(cc1-c1nc(C3CCOC3)no1)CCO2. The Labute approximate surface area is 110 Å². The number of aromatic nitrogens is 2. The monoisotopic (exact) mass is 258 g/mol. The Morgan fingerprint density at radius 3 is 3.11 bits per heavy atom. The standard InChI is InChI=1S/C14H14N2O3/c1-2-12-9(4-6-18-12)7-10(1)14-15-13(16-19-14)11-3-5-17-8-11/h1-2,7,11H,3-6,8H2. The molecule has 4 rings (SSSR count). The van der Waals surface area contributed by atoms with E-state index in [1.807, 2.05) is 12.1 Å². The van der Waals surface area contributed by atoms with E-state index in [0.717, 1.165) is 43.2 Å². The van der Waals surface area contributed by atoms with Crippen LogP contribution in [0.25, 0.3) is 11.5 Å². The summed E-state index contributed by atoms with van der Waals surface area (Å²) in [6.45, 7) is 2.23. The highest BCUT2D eigenvalue weighted by atomic mass is 16.5. The molecule has 19 heavy (non-hydrogen) atoms. The van der Waals surface area contributed by atoms with Crippen molar-refractivity contribution >= 4 is 0 Å². The van der Waals surface area contributed by atoms with Gasteiger partial charge in [-0.3, -0.25) is 0 Å². The molecule has 98 valence electrons. The highest BCUT2D eigenvalue weighted by Gasteiger charge is 2.24. The smallest absolute Gasteiger partial charge is 0.257 e. The van der Waals surface area contributed by atoms with Gasteiger partial charge in [-0.25, -0.2) is 0 Å². The van der Waals surface area contributed by atoms with Gasteiger partial charge >= 0.3 is 0 Å². The van der Waals surface area contributed by atoms with Crippen molar-refractivity contribution in [1.82, 2.24) is 10.1 Å². The number of hydrogen-bond donors (Lipinski definition) is 0. The van der Waals surface area contributed by atoms with Gasteiger partial charge in [0.1, 0.15) is 5.75 Å². The lowest BCUT2D eigenvalue weighted by molar-refractivity contribution is 0.192. The van der Waals surface area contributed by atoms with Gasteiger partial charge in [-0.15, -0.1) is 0 Å². The second-order valence-corrected chi connectivity index (χ2v) is 4.94. The Balaban J connectivity index is 1.65. The molecule has 0 radical (unpaired) electrons. The van der Waals surface area contributed by atoms with Crippen LogP contribution in [-0.4, -0.2) is 30.0 Å². The van der Waals surface area contributed by atoms with Crippen LogP contribution >= 0.6 is 0 Å². The molecule has 0 aliphatic carbocycles. The van der Waals surface area contributed by atoms with Crippen LogP contribution in [0.15, 0.2) is 22.7 Å². The Morgan fingerprint density at radius 2 is 2.21 bits per heavy atom. The zero-order valence-electron chi connectivity index (χ0n) is 10.5. The van der Waals surface area contributed by atoms with Gasteiger partial charge in [0.2, 0.25) is 0 Å². The maximum Gasteiger partial charge on any atom is 0.257 e. The molecule has 2 aromatic rings. The quantitative estimate of drug-likeness (QED) is 0.826. The fourth-order valence-corrected chi connectivity index (χ4v) is 2.58. The largest absolute Gasteiger partial charge is 0.493 e. The first kappa shape index (κ1) is 11.0.